The van der Waals surface area contributed by atoms with Crippen LogP contribution < -0.4 is 10.1 Å². The number of rotatable bonds is 6. The molecule has 1 aromatic rings. The van der Waals surface area contributed by atoms with Gasteiger partial charge in [0, 0.05) is 12.0 Å². The quantitative estimate of drug-likeness (QED) is 0.833. The van der Waals surface area contributed by atoms with Gasteiger partial charge >= 0.3 is 5.97 Å². The molecule has 0 saturated carbocycles. The number of carboxylic acids is 1. The Bertz CT molecular complexity index is 460. The summed E-state index contributed by atoms with van der Waals surface area (Å²) >= 11 is 0. The normalized spacial score (nSPS) is 10.9. The van der Waals surface area contributed by atoms with Gasteiger partial charge in [-0.2, -0.15) is 0 Å². The molecule has 20 heavy (non-hydrogen) atoms. The van der Waals surface area contributed by atoms with Crippen LogP contribution in [-0.2, 0) is 16.0 Å². The number of carbonyl (C=O) groups excluding carboxylic acids is 1. The third kappa shape index (κ3) is 5.73. The lowest BCUT2D eigenvalue weighted by Crippen LogP contribution is -2.35. The van der Waals surface area contributed by atoms with E-state index in [-0.39, 0.29) is 17.9 Å². The predicted octanol–water partition coefficient (Wildman–Crippen LogP) is 1.85. The van der Waals surface area contributed by atoms with E-state index in [0.717, 1.165) is 12.0 Å². The number of carbonyl (C=O) groups is 2. The molecular weight excluding hydrogens is 258 g/mol. The van der Waals surface area contributed by atoms with E-state index in [1.165, 1.54) is 0 Å². The average Bonchev–Trinajstić information content (AvgIpc) is 2.36. The lowest BCUT2D eigenvalue weighted by Gasteiger charge is -2.17. The SMILES string of the molecule is CC(C)(C)C(=O)NCCc1ccc(OCC(=O)O)cc1. The number of benzene rings is 1. The molecule has 1 amide bonds. The standard InChI is InChI=1S/C15H21NO4/c1-15(2,3)14(19)16-9-8-11-4-6-12(7-5-11)20-10-13(17)18/h4-7H,8-10H2,1-3H3,(H,16,19)(H,17,18). The first-order chi connectivity index (χ1) is 9.29. The van der Waals surface area contributed by atoms with E-state index in [2.05, 4.69) is 5.32 Å². The van der Waals surface area contributed by atoms with Gasteiger partial charge in [0.25, 0.3) is 0 Å². The van der Waals surface area contributed by atoms with E-state index in [0.29, 0.717) is 12.3 Å². The van der Waals surface area contributed by atoms with Crippen molar-refractivity contribution in [1.82, 2.24) is 5.32 Å². The Labute approximate surface area is 118 Å². The molecule has 0 atom stereocenters. The first-order valence-corrected chi connectivity index (χ1v) is 6.51. The van der Waals surface area contributed by atoms with Crippen molar-refractivity contribution >= 4 is 11.9 Å². The maximum atomic E-state index is 11.7. The summed E-state index contributed by atoms with van der Waals surface area (Å²) in [6.45, 7) is 5.84. The second-order valence-electron chi connectivity index (χ2n) is 5.58. The van der Waals surface area contributed by atoms with Crippen LogP contribution in [0, 0.1) is 5.41 Å². The van der Waals surface area contributed by atoms with Crippen molar-refractivity contribution < 1.29 is 19.4 Å². The van der Waals surface area contributed by atoms with Crippen molar-refractivity contribution in [3.8, 4) is 5.75 Å². The van der Waals surface area contributed by atoms with Crippen molar-refractivity contribution in [2.45, 2.75) is 27.2 Å². The minimum atomic E-state index is -1.00. The summed E-state index contributed by atoms with van der Waals surface area (Å²) in [5, 5.41) is 11.4. The third-order valence-electron chi connectivity index (χ3n) is 2.67. The predicted molar refractivity (Wildman–Crippen MR) is 75.7 cm³/mol. The van der Waals surface area contributed by atoms with E-state index in [1.807, 2.05) is 32.9 Å². The second-order valence-corrected chi connectivity index (χ2v) is 5.58. The van der Waals surface area contributed by atoms with E-state index < -0.39 is 5.97 Å². The van der Waals surface area contributed by atoms with Crippen LogP contribution in [0.3, 0.4) is 0 Å². The van der Waals surface area contributed by atoms with E-state index in [4.69, 9.17) is 9.84 Å². The highest BCUT2D eigenvalue weighted by atomic mass is 16.5. The Morgan fingerprint density at radius 3 is 2.30 bits per heavy atom. The molecule has 0 aliphatic heterocycles. The molecule has 1 rings (SSSR count). The zero-order valence-electron chi connectivity index (χ0n) is 12.1. The molecular formula is C15H21NO4. The number of hydrogen-bond acceptors (Lipinski definition) is 3. The van der Waals surface area contributed by atoms with Gasteiger partial charge in [-0.05, 0) is 24.1 Å². The molecule has 0 spiro atoms. The van der Waals surface area contributed by atoms with Gasteiger partial charge in [-0.15, -0.1) is 0 Å². The molecule has 0 unspecified atom stereocenters. The molecule has 0 aliphatic rings. The van der Waals surface area contributed by atoms with Crippen LogP contribution in [0.25, 0.3) is 0 Å². The van der Waals surface area contributed by atoms with Crippen LogP contribution in [0.2, 0.25) is 0 Å². The summed E-state index contributed by atoms with van der Waals surface area (Å²) in [4.78, 5) is 22.0. The van der Waals surface area contributed by atoms with Crippen LogP contribution in [-0.4, -0.2) is 30.1 Å². The lowest BCUT2D eigenvalue weighted by molar-refractivity contribution is -0.139. The monoisotopic (exact) mass is 279 g/mol. The number of hydrogen-bond donors (Lipinski definition) is 2. The van der Waals surface area contributed by atoms with Crippen molar-refractivity contribution in [2.24, 2.45) is 5.41 Å². The summed E-state index contributed by atoms with van der Waals surface area (Å²) in [7, 11) is 0. The highest BCUT2D eigenvalue weighted by Crippen LogP contribution is 2.14. The summed E-state index contributed by atoms with van der Waals surface area (Å²) < 4.78 is 5.04. The van der Waals surface area contributed by atoms with Crippen LogP contribution >= 0.6 is 0 Å². The molecule has 2 N–H and O–H groups in total. The van der Waals surface area contributed by atoms with Gasteiger partial charge in [-0.3, -0.25) is 4.79 Å². The van der Waals surface area contributed by atoms with Crippen LogP contribution in [0.5, 0.6) is 5.75 Å². The fourth-order valence-electron chi connectivity index (χ4n) is 1.48. The zero-order valence-corrected chi connectivity index (χ0v) is 12.1. The summed E-state index contributed by atoms with van der Waals surface area (Å²) in [6.07, 6.45) is 0.723. The minimum Gasteiger partial charge on any atom is -0.482 e. The number of ether oxygens (including phenoxy) is 1. The lowest BCUT2D eigenvalue weighted by atomic mass is 9.95. The summed E-state index contributed by atoms with van der Waals surface area (Å²) in [5.74, 6) is -0.451. The van der Waals surface area contributed by atoms with Gasteiger partial charge in [0.2, 0.25) is 5.91 Å². The number of amides is 1. The van der Waals surface area contributed by atoms with Gasteiger partial charge in [0.05, 0.1) is 0 Å². The van der Waals surface area contributed by atoms with Gasteiger partial charge in [0.1, 0.15) is 5.75 Å². The van der Waals surface area contributed by atoms with Gasteiger partial charge in [0.15, 0.2) is 6.61 Å². The fraction of sp³-hybridized carbons (Fsp3) is 0.467. The van der Waals surface area contributed by atoms with Crippen molar-refractivity contribution in [3.05, 3.63) is 29.8 Å². The maximum absolute atomic E-state index is 11.7. The van der Waals surface area contributed by atoms with E-state index in [1.54, 1.807) is 12.1 Å². The van der Waals surface area contributed by atoms with Gasteiger partial charge in [-0.1, -0.05) is 32.9 Å². The summed E-state index contributed by atoms with van der Waals surface area (Å²) in [5.41, 5.74) is 0.677. The second kappa shape index (κ2) is 6.93. The number of aliphatic carboxylic acids is 1. The first-order valence-electron chi connectivity index (χ1n) is 6.51. The van der Waals surface area contributed by atoms with Gasteiger partial charge < -0.3 is 15.2 Å². The maximum Gasteiger partial charge on any atom is 0.341 e. The van der Waals surface area contributed by atoms with Crippen LogP contribution in [0.1, 0.15) is 26.3 Å². The number of nitrogens with one attached hydrogen (secondary N) is 1. The molecule has 0 bridgehead atoms. The highest BCUT2D eigenvalue weighted by Gasteiger charge is 2.20. The Kier molecular flexibility index (Phi) is 5.55. The van der Waals surface area contributed by atoms with Crippen LogP contribution in [0.4, 0.5) is 0 Å². The van der Waals surface area contributed by atoms with E-state index >= 15 is 0 Å². The minimum absolute atomic E-state index is 0.0268. The first kappa shape index (κ1) is 16.0. The van der Waals surface area contributed by atoms with E-state index in [9.17, 15) is 9.59 Å². The van der Waals surface area contributed by atoms with Crippen molar-refractivity contribution in [2.75, 3.05) is 13.2 Å². The zero-order chi connectivity index (χ0) is 15.2. The molecule has 0 fully saturated rings. The molecule has 0 saturated heterocycles. The Morgan fingerprint density at radius 2 is 1.80 bits per heavy atom. The van der Waals surface area contributed by atoms with Crippen molar-refractivity contribution in [3.63, 3.8) is 0 Å². The molecule has 5 heteroatoms. The molecule has 0 aromatic heterocycles. The molecule has 5 nitrogen and oxygen atoms in total. The fourth-order valence-corrected chi connectivity index (χ4v) is 1.48. The molecule has 0 radical (unpaired) electrons. The molecule has 0 heterocycles. The molecule has 0 aliphatic carbocycles. The average molecular weight is 279 g/mol. The third-order valence-corrected chi connectivity index (χ3v) is 2.67. The van der Waals surface area contributed by atoms with Crippen molar-refractivity contribution in [1.29, 1.82) is 0 Å². The van der Waals surface area contributed by atoms with Crippen LogP contribution in [0.15, 0.2) is 24.3 Å². The summed E-state index contributed by atoms with van der Waals surface area (Å²) in [6, 6.07) is 7.18. The topological polar surface area (TPSA) is 75.6 Å². The van der Waals surface area contributed by atoms with Gasteiger partial charge in [-0.25, -0.2) is 4.79 Å². The smallest absolute Gasteiger partial charge is 0.341 e. The Morgan fingerprint density at radius 1 is 1.20 bits per heavy atom. The number of carboxylic acid groups (broad SMARTS) is 1. The Balaban J connectivity index is 2.38. The molecule has 1 aromatic carbocycles. The Hall–Kier alpha value is -2.04. The largest absolute Gasteiger partial charge is 0.482 e. The highest BCUT2D eigenvalue weighted by molar-refractivity contribution is 5.81. The molecule has 110 valence electrons.